The molecule has 2 heterocycles. The Labute approximate surface area is 279 Å². The molecule has 12 nitrogen and oxygen atoms in total. The molecule has 4 N–H and O–H groups in total. The molecule has 6 atom stereocenters. The second kappa shape index (κ2) is 16.7. The van der Waals surface area contributed by atoms with Crippen LogP contribution in [0.1, 0.15) is 97.3 Å². The molecule has 3 rings (SSSR count). The van der Waals surface area contributed by atoms with E-state index < -0.39 is 59.7 Å². The summed E-state index contributed by atoms with van der Waals surface area (Å²) >= 11 is 0. The van der Waals surface area contributed by atoms with Crippen molar-refractivity contribution in [1.29, 1.82) is 0 Å². The van der Waals surface area contributed by atoms with E-state index >= 15 is 0 Å². The highest BCUT2D eigenvalue weighted by Crippen LogP contribution is 2.26. The van der Waals surface area contributed by atoms with E-state index in [0.717, 1.165) is 6.42 Å². The molecular weight excluding hydrogens is 600 g/mol. The molecule has 0 aromatic heterocycles. The zero-order valence-electron chi connectivity index (χ0n) is 29.2. The number of fused-ring (bicyclic) bond motifs is 2. The second-order valence-corrected chi connectivity index (χ2v) is 13.9. The number of rotatable bonds is 6. The van der Waals surface area contributed by atoms with Crippen LogP contribution in [0.5, 0.6) is 0 Å². The number of carbonyl (C=O) groups excluding carboxylic acids is 6. The summed E-state index contributed by atoms with van der Waals surface area (Å²) in [7, 11) is 1.56. The predicted octanol–water partition coefficient (Wildman–Crippen LogP) is 3.07. The van der Waals surface area contributed by atoms with E-state index in [0.29, 0.717) is 38.6 Å². The molecule has 0 spiro atoms. The largest absolute Gasteiger partial charge is 0.343 e. The average Bonchev–Trinajstić information content (AvgIpc) is 3.03. The van der Waals surface area contributed by atoms with Gasteiger partial charge in [-0.1, -0.05) is 60.1 Å². The third-order valence-corrected chi connectivity index (χ3v) is 9.16. The molecule has 6 amide bonds. The van der Waals surface area contributed by atoms with Crippen molar-refractivity contribution >= 4 is 41.1 Å². The lowest BCUT2D eigenvalue weighted by molar-refractivity contribution is -0.144. The molecule has 12 heteroatoms. The van der Waals surface area contributed by atoms with Crippen molar-refractivity contribution in [3.63, 3.8) is 0 Å². The van der Waals surface area contributed by atoms with Crippen LogP contribution in [0.25, 0.3) is 0 Å². The van der Waals surface area contributed by atoms with Crippen LogP contribution in [0, 0.1) is 17.8 Å². The van der Waals surface area contributed by atoms with Crippen molar-refractivity contribution in [1.82, 2.24) is 25.8 Å². The Morgan fingerprint density at radius 2 is 1.47 bits per heavy atom. The van der Waals surface area contributed by atoms with Gasteiger partial charge in [-0.3, -0.25) is 28.8 Å². The molecule has 0 radical (unpaired) electrons. The van der Waals surface area contributed by atoms with Crippen molar-refractivity contribution in [2.75, 3.05) is 18.9 Å². The summed E-state index contributed by atoms with van der Waals surface area (Å²) in [5.41, 5.74) is 0.497. The van der Waals surface area contributed by atoms with Gasteiger partial charge in [-0.25, -0.2) is 0 Å². The van der Waals surface area contributed by atoms with Gasteiger partial charge < -0.3 is 31.1 Å². The van der Waals surface area contributed by atoms with Gasteiger partial charge in [0.2, 0.25) is 29.5 Å². The summed E-state index contributed by atoms with van der Waals surface area (Å²) in [4.78, 5) is 85.8. The number of nitrogens with one attached hydrogen (secondary N) is 4. The second-order valence-electron chi connectivity index (χ2n) is 13.9. The van der Waals surface area contributed by atoms with Gasteiger partial charge in [0.25, 0.3) is 5.91 Å². The molecule has 1 aromatic carbocycles. The Bertz CT molecular complexity index is 1310. The highest BCUT2D eigenvalue weighted by molar-refractivity contribution is 6.07. The van der Waals surface area contributed by atoms with Gasteiger partial charge in [-0.2, -0.15) is 0 Å². The Kier molecular flexibility index (Phi) is 13.4. The molecule has 1 saturated heterocycles. The first-order valence-electron chi connectivity index (χ1n) is 17.0. The molecule has 1 unspecified atom stereocenters. The number of anilines is 1. The third kappa shape index (κ3) is 9.54. The summed E-state index contributed by atoms with van der Waals surface area (Å²) in [6.07, 6.45) is 3.08. The Balaban J connectivity index is 2.13. The Morgan fingerprint density at radius 1 is 0.809 bits per heavy atom. The maximum absolute atomic E-state index is 14.1. The van der Waals surface area contributed by atoms with Gasteiger partial charge in [0.1, 0.15) is 30.2 Å². The van der Waals surface area contributed by atoms with Crippen molar-refractivity contribution in [2.45, 2.75) is 117 Å². The third-order valence-electron chi connectivity index (χ3n) is 9.16. The average molecular weight is 655 g/mol. The first-order valence-corrected chi connectivity index (χ1v) is 17.0. The standard InChI is InChI=1S/C35H54N6O6/c1-9-22(6)29-33(45)37-25-15-11-10-14-24(25)34(46)41-17-13-12-16-27(41)35(47)40(8)28(19-21(4)5)32(44)36-23(7)30(42)38-26(18-20(2)3)31(43)39-29/h10-11,14-15,20-23,26-29H,9,12-13,16-19H2,1-8H3,(H,36,44)(H,37,45)(H,38,42)(H,39,43)/t22-,23+,26?,27+,28+,29-/m1/s1. The number of para-hydroxylation sites is 1. The van der Waals surface area contributed by atoms with Crippen LogP contribution < -0.4 is 21.3 Å². The topological polar surface area (TPSA) is 157 Å². The van der Waals surface area contributed by atoms with Crippen molar-refractivity contribution in [3.05, 3.63) is 29.8 Å². The van der Waals surface area contributed by atoms with Gasteiger partial charge in [-0.05, 0) is 68.9 Å². The van der Waals surface area contributed by atoms with E-state index in [1.807, 2.05) is 41.5 Å². The number of nitrogens with zero attached hydrogens (tertiary/aromatic N) is 2. The van der Waals surface area contributed by atoms with E-state index in [1.54, 1.807) is 31.3 Å². The van der Waals surface area contributed by atoms with E-state index in [9.17, 15) is 28.8 Å². The fraction of sp³-hybridized carbons (Fsp3) is 0.657. The number of benzene rings is 1. The summed E-state index contributed by atoms with van der Waals surface area (Å²) in [6.45, 7) is 13.4. The van der Waals surface area contributed by atoms with E-state index in [2.05, 4.69) is 21.3 Å². The summed E-state index contributed by atoms with van der Waals surface area (Å²) in [5.74, 6) is -3.04. The lowest BCUT2D eigenvalue weighted by Crippen LogP contribution is -2.59. The van der Waals surface area contributed by atoms with Crippen LogP contribution in [0.4, 0.5) is 5.69 Å². The van der Waals surface area contributed by atoms with Crippen LogP contribution in [0.15, 0.2) is 24.3 Å². The first-order chi connectivity index (χ1) is 22.2. The molecule has 0 saturated carbocycles. The zero-order chi connectivity index (χ0) is 35.0. The molecular formula is C35H54N6O6. The van der Waals surface area contributed by atoms with E-state index in [4.69, 9.17) is 0 Å². The molecule has 1 fully saturated rings. The SMILES string of the molecule is CC[C@@H](C)[C@H]1NC(=O)C(CC(C)C)NC(=O)[C@H](C)NC(=O)[C@H](CC(C)C)N(C)C(=O)[C@@H]2CCCCN2C(=O)c2ccccc2NC1=O. The van der Waals surface area contributed by atoms with Gasteiger partial charge in [0.05, 0.1) is 11.3 Å². The van der Waals surface area contributed by atoms with Crippen LogP contribution >= 0.6 is 0 Å². The fourth-order valence-corrected chi connectivity index (χ4v) is 6.18. The van der Waals surface area contributed by atoms with Crippen molar-refractivity contribution < 1.29 is 28.8 Å². The molecule has 1 aromatic rings. The maximum atomic E-state index is 14.1. The number of likely N-dealkylation sites (N-methyl/N-ethyl adjacent to an activating group) is 1. The maximum Gasteiger partial charge on any atom is 0.256 e. The normalized spacial score (nSPS) is 26.3. The summed E-state index contributed by atoms with van der Waals surface area (Å²) < 4.78 is 0. The summed E-state index contributed by atoms with van der Waals surface area (Å²) in [6, 6.07) is 2.00. The van der Waals surface area contributed by atoms with Crippen LogP contribution in [-0.4, -0.2) is 89.0 Å². The number of hydrogen-bond donors (Lipinski definition) is 4. The zero-order valence-corrected chi connectivity index (χ0v) is 29.2. The Morgan fingerprint density at radius 3 is 2.11 bits per heavy atom. The van der Waals surface area contributed by atoms with Crippen LogP contribution in [0.2, 0.25) is 0 Å². The van der Waals surface area contributed by atoms with Crippen molar-refractivity contribution in [2.24, 2.45) is 17.8 Å². The van der Waals surface area contributed by atoms with Gasteiger partial charge in [-0.15, -0.1) is 0 Å². The lowest BCUT2D eigenvalue weighted by Gasteiger charge is -2.39. The highest BCUT2D eigenvalue weighted by atomic mass is 16.2. The monoisotopic (exact) mass is 654 g/mol. The van der Waals surface area contributed by atoms with Crippen LogP contribution in [-0.2, 0) is 24.0 Å². The summed E-state index contributed by atoms with van der Waals surface area (Å²) in [5, 5.41) is 11.3. The van der Waals surface area contributed by atoms with Gasteiger partial charge in [0, 0.05) is 13.6 Å². The molecule has 0 bridgehead atoms. The molecule has 2 aliphatic rings. The van der Waals surface area contributed by atoms with Crippen molar-refractivity contribution in [3.8, 4) is 0 Å². The minimum absolute atomic E-state index is 0.0277. The van der Waals surface area contributed by atoms with Crippen LogP contribution in [0.3, 0.4) is 0 Å². The molecule has 260 valence electrons. The molecule has 2 aliphatic heterocycles. The smallest absolute Gasteiger partial charge is 0.256 e. The van der Waals surface area contributed by atoms with Gasteiger partial charge >= 0.3 is 0 Å². The van der Waals surface area contributed by atoms with E-state index in [-0.39, 0.29) is 34.9 Å². The van der Waals surface area contributed by atoms with Gasteiger partial charge in [0.15, 0.2) is 0 Å². The van der Waals surface area contributed by atoms with E-state index in [1.165, 1.54) is 16.7 Å². The Hall–Kier alpha value is -3.96. The highest BCUT2D eigenvalue weighted by Gasteiger charge is 2.40. The minimum atomic E-state index is -1.01. The fourth-order valence-electron chi connectivity index (χ4n) is 6.18. The number of piperidine rings is 1. The number of hydrogen-bond acceptors (Lipinski definition) is 6. The predicted molar refractivity (Wildman–Crippen MR) is 180 cm³/mol. The first kappa shape index (κ1) is 37.5. The number of carbonyl (C=O) groups is 6. The quantitative estimate of drug-likeness (QED) is 0.369. The minimum Gasteiger partial charge on any atom is -0.343 e. The lowest BCUT2D eigenvalue weighted by atomic mass is 9.96. The number of amides is 6. The molecule has 0 aliphatic carbocycles. The molecule has 47 heavy (non-hydrogen) atoms.